The van der Waals surface area contributed by atoms with Crippen LogP contribution in [0.5, 0.6) is 5.75 Å². The standard InChI is InChI=1S/C15H15Cl2NO/c1-10(8-11-2-5-13(19)6-3-11)18-12-4-7-14(16)15(17)9-12/h2-7,9-10,18-19H,8H2,1H3. The summed E-state index contributed by atoms with van der Waals surface area (Å²) in [6, 6.07) is 13.0. The minimum Gasteiger partial charge on any atom is -0.508 e. The number of phenols is 1. The van der Waals surface area contributed by atoms with Crippen molar-refractivity contribution >= 4 is 28.9 Å². The van der Waals surface area contributed by atoms with Gasteiger partial charge in [-0.25, -0.2) is 0 Å². The normalized spacial score (nSPS) is 12.2. The molecule has 0 fully saturated rings. The molecule has 4 heteroatoms. The van der Waals surface area contributed by atoms with Gasteiger partial charge < -0.3 is 10.4 Å². The highest BCUT2D eigenvalue weighted by Gasteiger charge is 2.05. The Hall–Kier alpha value is -1.38. The lowest BCUT2D eigenvalue weighted by Gasteiger charge is -2.16. The van der Waals surface area contributed by atoms with Crippen LogP contribution in [0, 0.1) is 0 Å². The van der Waals surface area contributed by atoms with Gasteiger partial charge >= 0.3 is 0 Å². The molecule has 2 rings (SSSR count). The summed E-state index contributed by atoms with van der Waals surface area (Å²) in [5.74, 6) is 0.286. The van der Waals surface area contributed by atoms with Gasteiger partial charge in [0, 0.05) is 11.7 Å². The third-order valence-electron chi connectivity index (χ3n) is 2.81. The Balaban J connectivity index is 1.98. The zero-order chi connectivity index (χ0) is 13.8. The van der Waals surface area contributed by atoms with Crippen molar-refractivity contribution < 1.29 is 5.11 Å². The second-order valence-electron chi connectivity index (χ2n) is 4.54. The first-order valence-corrected chi connectivity index (χ1v) is 6.79. The number of aromatic hydroxyl groups is 1. The minimum atomic E-state index is 0.252. The third kappa shape index (κ3) is 4.05. The van der Waals surface area contributed by atoms with Gasteiger partial charge in [-0.2, -0.15) is 0 Å². The number of benzene rings is 2. The van der Waals surface area contributed by atoms with Crippen LogP contribution in [0.15, 0.2) is 42.5 Å². The van der Waals surface area contributed by atoms with Crippen LogP contribution in [0.4, 0.5) is 5.69 Å². The van der Waals surface area contributed by atoms with E-state index in [-0.39, 0.29) is 11.8 Å². The Bertz CT molecular complexity index is 555. The van der Waals surface area contributed by atoms with Gasteiger partial charge in [0.15, 0.2) is 0 Å². The van der Waals surface area contributed by atoms with Crippen LogP contribution < -0.4 is 5.32 Å². The molecule has 2 nitrogen and oxygen atoms in total. The van der Waals surface area contributed by atoms with Crippen LogP contribution >= 0.6 is 23.2 Å². The second-order valence-corrected chi connectivity index (χ2v) is 5.36. The SMILES string of the molecule is CC(Cc1ccc(O)cc1)Nc1ccc(Cl)c(Cl)c1. The average Bonchev–Trinajstić information content (AvgIpc) is 2.37. The molecule has 1 atom stereocenters. The molecule has 0 radical (unpaired) electrons. The van der Waals surface area contributed by atoms with Crippen molar-refractivity contribution in [1.82, 2.24) is 0 Å². The highest BCUT2D eigenvalue weighted by molar-refractivity contribution is 6.42. The fourth-order valence-corrected chi connectivity index (χ4v) is 2.21. The maximum Gasteiger partial charge on any atom is 0.115 e. The summed E-state index contributed by atoms with van der Waals surface area (Å²) in [5.41, 5.74) is 2.11. The highest BCUT2D eigenvalue weighted by Crippen LogP contribution is 2.25. The van der Waals surface area contributed by atoms with E-state index in [0.717, 1.165) is 17.7 Å². The van der Waals surface area contributed by atoms with E-state index in [1.165, 1.54) is 0 Å². The van der Waals surface area contributed by atoms with Crippen molar-refractivity contribution in [3.63, 3.8) is 0 Å². The fraction of sp³-hybridized carbons (Fsp3) is 0.200. The molecule has 0 aliphatic carbocycles. The number of phenolic OH excluding ortho intramolecular Hbond substituents is 1. The molecule has 2 aromatic rings. The predicted molar refractivity (Wildman–Crippen MR) is 81.4 cm³/mol. The first-order chi connectivity index (χ1) is 9.04. The molecular formula is C15H15Cl2NO. The minimum absolute atomic E-state index is 0.252. The molecule has 0 saturated heterocycles. The Morgan fingerprint density at radius 1 is 1.05 bits per heavy atom. The van der Waals surface area contributed by atoms with Crippen LogP contribution in [0.25, 0.3) is 0 Å². The molecule has 0 heterocycles. The summed E-state index contributed by atoms with van der Waals surface area (Å²) < 4.78 is 0. The van der Waals surface area contributed by atoms with Crippen molar-refractivity contribution in [3.8, 4) is 5.75 Å². The summed E-state index contributed by atoms with van der Waals surface area (Å²) >= 11 is 11.9. The number of nitrogens with one attached hydrogen (secondary N) is 1. The van der Waals surface area contributed by atoms with Crippen LogP contribution in [0.3, 0.4) is 0 Å². The molecule has 0 aliphatic rings. The Kier molecular flexibility index (Phi) is 4.56. The van der Waals surface area contributed by atoms with Crippen molar-refractivity contribution in [2.75, 3.05) is 5.32 Å². The number of halogens is 2. The molecule has 0 saturated carbocycles. The van der Waals surface area contributed by atoms with Crippen LogP contribution in [0.1, 0.15) is 12.5 Å². The number of hydrogen-bond donors (Lipinski definition) is 2. The maximum absolute atomic E-state index is 9.24. The van der Waals surface area contributed by atoms with E-state index < -0.39 is 0 Å². The molecule has 0 aliphatic heterocycles. The highest BCUT2D eigenvalue weighted by atomic mass is 35.5. The summed E-state index contributed by atoms with van der Waals surface area (Å²) in [6.07, 6.45) is 0.862. The number of anilines is 1. The van der Waals surface area contributed by atoms with E-state index in [1.54, 1.807) is 18.2 Å². The van der Waals surface area contributed by atoms with Gasteiger partial charge in [-0.05, 0) is 49.2 Å². The monoisotopic (exact) mass is 295 g/mol. The van der Waals surface area contributed by atoms with Crippen molar-refractivity contribution in [2.24, 2.45) is 0 Å². The van der Waals surface area contributed by atoms with Gasteiger partial charge in [-0.3, -0.25) is 0 Å². The number of hydrogen-bond acceptors (Lipinski definition) is 2. The van der Waals surface area contributed by atoms with Crippen molar-refractivity contribution in [2.45, 2.75) is 19.4 Å². The maximum atomic E-state index is 9.24. The van der Waals surface area contributed by atoms with E-state index >= 15 is 0 Å². The zero-order valence-electron chi connectivity index (χ0n) is 10.5. The van der Waals surface area contributed by atoms with E-state index in [0.29, 0.717) is 10.0 Å². The smallest absolute Gasteiger partial charge is 0.115 e. The molecule has 2 N–H and O–H groups in total. The van der Waals surface area contributed by atoms with Crippen molar-refractivity contribution in [1.29, 1.82) is 0 Å². The molecule has 1 unspecified atom stereocenters. The zero-order valence-corrected chi connectivity index (χ0v) is 12.0. The van der Waals surface area contributed by atoms with Gasteiger partial charge in [0.1, 0.15) is 5.75 Å². The first kappa shape index (κ1) is 14.0. The summed E-state index contributed by atoms with van der Waals surface area (Å²) in [4.78, 5) is 0. The van der Waals surface area contributed by atoms with Crippen LogP contribution in [-0.2, 0) is 6.42 Å². The van der Waals surface area contributed by atoms with E-state index in [1.807, 2.05) is 24.3 Å². The summed E-state index contributed by atoms with van der Waals surface area (Å²) in [7, 11) is 0. The van der Waals surface area contributed by atoms with Crippen molar-refractivity contribution in [3.05, 3.63) is 58.1 Å². The predicted octanol–water partition coefficient (Wildman–Crippen LogP) is 4.74. The lowest BCUT2D eigenvalue weighted by Crippen LogP contribution is -2.17. The third-order valence-corrected chi connectivity index (χ3v) is 3.55. The average molecular weight is 296 g/mol. The summed E-state index contributed by atoms with van der Waals surface area (Å²) in [5, 5.41) is 13.7. The van der Waals surface area contributed by atoms with Crippen LogP contribution in [-0.4, -0.2) is 11.1 Å². The van der Waals surface area contributed by atoms with Crippen LogP contribution in [0.2, 0.25) is 10.0 Å². The molecule has 19 heavy (non-hydrogen) atoms. The first-order valence-electron chi connectivity index (χ1n) is 6.04. The quantitative estimate of drug-likeness (QED) is 0.854. The summed E-state index contributed by atoms with van der Waals surface area (Å²) in [6.45, 7) is 2.09. The molecule has 0 spiro atoms. The van der Waals surface area contributed by atoms with Gasteiger partial charge in [-0.15, -0.1) is 0 Å². The molecular weight excluding hydrogens is 281 g/mol. The molecule has 100 valence electrons. The van der Waals surface area contributed by atoms with Gasteiger partial charge in [-0.1, -0.05) is 35.3 Å². The second kappa shape index (κ2) is 6.18. The van der Waals surface area contributed by atoms with Gasteiger partial charge in [0.25, 0.3) is 0 Å². The lowest BCUT2D eigenvalue weighted by atomic mass is 10.1. The Morgan fingerprint density at radius 3 is 2.37 bits per heavy atom. The van der Waals surface area contributed by atoms with E-state index in [9.17, 15) is 5.11 Å². The van der Waals surface area contributed by atoms with Gasteiger partial charge in [0.05, 0.1) is 10.0 Å². The fourth-order valence-electron chi connectivity index (χ4n) is 1.91. The molecule has 0 amide bonds. The van der Waals surface area contributed by atoms with Gasteiger partial charge in [0.2, 0.25) is 0 Å². The molecule has 2 aromatic carbocycles. The molecule has 0 aromatic heterocycles. The Labute approximate surface area is 123 Å². The van der Waals surface area contributed by atoms with E-state index in [2.05, 4.69) is 12.2 Å². The largest absolute Gasteiger partial charge is 0.508 e. The lowest BCUT2D eigenvalue weighted by molar-refractivity contribution is 0.475. The number of rotatable bonds is 4. The molecule has 0 bridgehead atoms. The van der Waals surface area contributed by atoms with E-state index in [4.69, 9.17) is 23.2 Å². The topological polar surface area (TPSA) is 32.3 Å². The Morgan fingerprint density at radius 2 is 1.74 bits per heavy atom.